The van der Waals surface area contributed by atoms with Gasteiger partial charge in [-0.25, -0.2) is 0 Å². The van der Waals surface area contributed by atoms with E-state index in [9.17, 15) is 0 Å². The minimum atomic E-state index is 0.000000000000000222. The minimum absolute atomic E-state index is 0.000000000000000222. The van der Waals surface area contributed by atoms with E-state index in [0.717, 1.165) is 0 Å². The summed E-state index contributed by atoms with van der Waals surface area (Å²) in [6.07, 6.45) is 0. The van der Waals surface area contributed by atoms with Crippen molar-refractivity contribution in [3.05, 3.63) is 0 Å². The van der Waals surface area contributed by atoms with Gasteiger partial charge in [0.25, 0.3) is 0 Å². The van der Waals surface area contributed by atoms with Gasteiger partial charge >= 0.3 is 0 Å². The highest BCUT2D eigenvalue weighted by atomic mass is 14.1. The summed E-state index contributed by atoms with van der Waals surface area (Å²) in [6.45, 7) is 16.7. The lowest BCUT2D eigenvalue weighted by Gasteiger charge is -2.23. The predicted octanol–water partition coefficient (Wildman–Crippen LogP) is 4.02. The monoisotopic (exact) mass is 192 g/mol. The fraction of sp³-hybridized carbons (Fsp3) is 1.00. The van der Waals surface area contributed by atoms with Crippen molar-refractivity contribution in [2.45, 2.75) is 66.0 Å². The molecule has 0 saturated heterocycles. The quantitative estimate of drug-likeness (QED) is 0.579. The maximum Gasteiger partial charge on any atom is 0.0742 e. The van der Waals surface area contributed by atoms with Gasteiger partial charge in [0.1, 0.15) is 0 Å². The molecule has 0 aliphatic carbocycles. The van der Waals surface area contributed by atoms with E-state index >= 15 is 0 Å². The Morgan fingerprint density at radius 2 is 0.714 bits per heavy atom. The highest BCUT2D eigenvalue weighted by Gasteiger charge is 2.13. The van der Waals surface area contributed by atoms with Crippen molar-refractivity contribution in [3.8, 4) is 0 Å². The molecule has 0 spiro atoms. The summed E-state index contributed by atoms with van der Waals surface area (Å²) in [5.41, 5.74) is 0. The van der Waals surface area contributed by atoms with Crippen molar-refractivity contribution in [1.29, 1.82) is 0 Å². The van der Waals surface area contributed by atoms with Crippen LogP contribution in [0.3, 0.4) is 0 Å². The van der Waals surface area contributed by atoms with Crippen molar-refractivity contribution in [2.75, 3.05) is 0 Å². The van der Waals surface area contributed by atoms with Crippen LogP contribution in [-0.4, -0.2) is 15.7 Å². The Bertz CT molecular complexity index is 117. The third kappa shape index (κ3) is 10.2. The van der Waals surface area contributed by atoms with Gasteiger partial charge in [-0.1, -0.05) is 66.0 Å². The molecule has 0 rings (SSSR count). The minimum Gasteiger partial charge on any atom is -0.0694 e. The van der Waals surface area contributed by atoms with Crippen molar-refractivity contribution >= 4 is 15.7 Å². The van der Waals surface area contributed by atoms with Gasteiger partial charge in [0.05, 0.1) is 15.7 Å². The van der Waals surface area contributed by atoms with Gasteiger partial charge < -0.3 is 0 Å². The molecule has 0 unspecified atom stereocenters. The third-order valence-corrected chi connectivity index (χ3v) is 2.98. The molecule has 0 nitrogen and oxygen atoms in total. The molecule has 0 atom stereocenters. The maximum absolute atomic E-state index is 5.68. The van der Waals surface area contributed by atoms with Crippen molar-refractivity contribution in [2.24, 2.45) is 11.8 Å². The van der Waals surface area contributed by atoms with E-state index in [4.69, 9.17) is 15.7 Å². The Morgan fingerprint density at radius 3 is 0.714 bits per heavy atom. The summed E-state index contributed by atoms with van der Waals surface area (Å²) in [7, 11) is 11.4. The molecule has 0 saturated carbocycles. The Balaban J connectivity index is 0. The zero-order chi connectivity index (χ0) is 12.2. The Labute approximate surface area is 94.1 Å². The van der Waals surface area contributed by atoms with Crippen molar-refractivity contribution in [1.82, 2.24) is 0 Å². The van der Waals surface area contributed by atoms with Crippen LogP contribution in [0.25, 0.3) is 0 Å². The first-order valence-electron chi connectivity index (χ1n) is 5.46. The predicted molar refractivity (Wildman–Crippen MR) is 69.3 cm³/mol. The van der Waals surface area contributed by atoms with Crippen LogP contribution in [0, 0.1) is 11.8 Å². The van der Waals surface area contributed by atoms with Gasteiger partial charge in [0.2, 0.25) is 0 Å². The number of hydrogen-bond donors (Lipinski definition) is 0. The standard InChI is InChI=1S/2C6H13B/c2*1-5(2)6(3,4)7/h2*5H,1-4H3. The first-order chi connectivity index (χ1) is 5.89. The summed E-state index contributed by atoms with van der Waals surface area (Å²) in [4.78, 5) is 0. The topological polar surface area (TPSA) is 0 Å². The van der Waals surface area contributed by atoms with Crippen LogP contribution in [0.1, 0.15) is 55.4 Å². The van der Waals surface area contributed by atoms with Gasteiger partial charge in [0.15, 0.2) is 0 Å². The molecular formula is C12H26B2. The third-order valence-electron chi connectivity index (χ3n) is 2.98. The SMILES string of the molecule is [B]C(C)(C)C(C)C.[B]C(C)(C)C(C)C. The molecule has 0 aliphatic rings. The number of hydrogen-bond acceptors (Lipinski definition) is 0. The van der Waals surface area contributed by atoms with Gasteiger partial charge in [0, 0.05) is 0 Å². The molecule has 14 heavy (non-hydrogen) atoms. The fourth-order valence-corrected chi connectivity index (χ4v) is 0. The number of rotatable bonds is 2. The van der Waals surface area contributed by atoms with E-state index in [1.807, 2.05) is 27.7 Å². The molecule has 0 bridgehead atoms. The van der Waals surface area contributed by atoms with E-state index < -0.39 is 0 Å². The van der Waals surface area contributed by atoms with Crippen molar-refractivity contribution < 1.29 is 0 Å². The highest BCUT2D eigenvalue weighted by molar-refractivity contribution is 6.14. The molecule has 0 fully saturated rings. The Hall–Kier alpha value is 0.130. The lowest BCUT2D eigenvalue weighted by atomic mass is 9.65. The van der Waals surface area contributed by atoms with Crippen LogP contribution in [0.5, 0.6) is 0 Å². The molecule has 0 heterocycles. The lowest BCUT2D eigenvalue weighted by Crippen LogP contribution is -2.09. The summed E-state index contributed by atoms with van der Waals surface area (Å²) in [6, 6.07) is 0. The van der Waals surface area contributed by atoms with Gasteiger partial charge in [-0.3, -0.25) is 0 Å². The molecule has 0 aromatic heterocycles. The van der Waals surface area contributed by atoms with Crippen LogP contribution in [0.2, 0.25) is 10.6 Å². The van der Waals surface area contributed by atoms with Gasteiger partial charge in [-0.05, 0) is 11.8 Å². The molecule has 0 aromatic rings. The first kappa shape index (κ1) is 16.6. The van der Waals surface area contributed by atoms with Gasteiger partial charge in [-0.2, -0.15) is 0 Å². The van der Waals surface area contributed by atoms with E-state index in [1.165, 1.54) is 0 Å². The van der Waals surface area contributed by atoms with E-state index in [1.54, 1.807) is 0 Å². The normalized spacial score (nSPS) is 12.7. The average Bonchev–Trinajstić information content (AvgIpc) is 1.83. The summed E-state index contributed by atoms with van der Waals surface area (Å²) in [5, 5.41) is 0.000000000000000444. The molecule has 0 aromatic carbocycles. The average molecular weight is 192 g/mol. The summed E-state index contributed by atoms with van der Waals surface area (Å²) >= 11 is 0. The van der Waals surface area contributed by atoms with Crippen LogP contribution < -0.4 is 0 Å². The molecule has 0 amide bonds. The van der Waals surface area contributed by atoms with E-state index in [0.29, 0.717) is 11.8 Å². The van der Waals surface area contributed by atoms with Crippen LogP contribution in [-0.2, 0) is 0 Å². The molecule has 0 aliphatic heterocycles. The van der Waals surface area contributed by atoms with Crippen LogP contribution in [0.15, 0.2) is 0 Å². The molecular weight excluding hydrogens is 166 g/mol. The molecule has 2 heteroatoms. The second-order valence-corrected chi connectivity index (χ2v) is 5.95. The Kier molecular flexibility index (Phi) is 6.95. The first-order valence-corrected chi connectivity index (χ1v) is 5.46. The van der Waals surface area contributed by atoms with E-state index in [-0.39, 0.29) is 10.6 Å². The molecule has 80 valence electrons. The molecule has 0 N–H and O–H groups in total. The zero-order valence-electron chi connectivity index (χ0n) is 11.3. The zero-order valence-corrected chi connectivity index (χ0v) is 11.3. The maximum atomic E-state index is 5.68. The molecule has 4 radical (unpaired) electrons. The van der Waals surface area contributed by atoms with Crippen molar-refractivity contribution in [3.63, 3.8) is 0 Å². The Morgan fingerprint density at radius 1 is 0.643 bits per heavy atom. The smallest absolute Gasteiger partial charge is 0.0694 e. The second kappa shape index (κ2) is 5.88. The lowest BCUT2D eigenvalue weighted by molar-refractivity contribution is 0.480. The fourth-order valence-electron chi connectivity index (χ4n) is 0. The van der Waals surface area contributed by atoms with Crippen LogP contribution in [0.4, 0.5) is 0 Å². The largest absolute Gasteiger partial charge is 0.0742 e. The summed E-state index contributed by atoms with van der Waals surface area (Å²) < 4.78 is 0. The van der Waals surface area contributed by atoms with E-state index in [2.05, 4.69) is 27.7 Å². The summed E-state index contributed by atoms with van der Waals surface area (Å²) in [5.74, 6) is 1.15. The highest BCUT2D eigenvalue weighted by Crippen LogP contribution is 2.29. The van der Waals surface area contributed by atoms with Crippen LogP contribution >= 0.6 is 0 Å². The van der Waals surface area contributed by atoms with Gasteiger partial charge in [-0.15, -0.1) is 0 Å². The second-order valence-electron chi connectivity index (χ2n) is 5.95.